The van der Waals surface area contributed by atoms with Crippen LogP contribution in [0.15, 0.2) is 64.7 Å². The van der Waals surface area contributed by atoms with E-state index in [-0.39, 0.29) is 5.91 Å². The van der Waals surface area contributed by atoms with Gasteiger partial charge >= 0.3 is 0 Å². The summed E-state index contributed by atoms with van der Waals surface area (Å²) in [6, 6.07) is 11.7. The van der Waals surface area contributed by atoms with Crippen molar-refractivity contribution < 1.29 is 18.7 Å². The molecule has 158 valence electrons. The number of allylic oxidation sites excluding steroid dienone is 1. The zero-order valence-corrected chi connectivity index (χ0v) is 18.3. The number of carbonyl (C=O) groups excluding carboxylic acids is 1. The van der Waals surface area contributed by atoms with Crippen LogP contribution in [0.3, 0.4) is 0 Å². The molecule has 1 N–H and O–H groups in total. The first-order valence-electron chi connectivity index (χ1n) is 9.80. The molecule has 2 aromatic carbocycles. The summed E-state index contributed by atoms with van der Waals surface area (Å²) in [6.07, 6.45) is 4.94. The highest BCUT2D eigenvalue weighted by molar-refractivity contribution is 7.13. The number of rotatable bonds is 7. The predicted molar refractivity (Wildman–Crippen MR) is 124 cm³/mol. The van der Waals surface area contributed by atoms with E-state index in [1.165, 1.54) is 11.3 Å². The summed E-state index contributed by atoms with van der Waals surface area (Å²) in [5.41, 5.74) is 4.30. The van der Waals surface area contributed by atoms with Crippen LogP contribution in [0.5, 0.6) is 11.5 Å². The van der Waals surface area contributed by atoms with Crippen LogP contribution >= 0.6 is 11.3 Å². The van der Waals surface area contributed by atoms with Gasteiger partial charge in [0.2, 0.25) is 5.91 Å². The number of amides is 1. The summed E-state index contributed by atoms with van der Waals surface area (Å²) in [5.74, 6) is 1.22. The van der Waals surface area contributed by atoms with Crippen molar-refractivity contribution in [1.82, 2.24) is 4.98 Å². The van der Waals surface area contributed by atoms with E-state index < -0.39 is 0 Å². The second kappa shape index (κ2) is 9.06. The first kappa shape index (κ1) is 20.7. The average molecular weight is 435 g/mol. The number of furan rings is 1. The molecule has 0 saturated carbocycles. The van der Waals surface area contributed by atoms with Gasteiger partial charge in [-0.25, -0.2) is 4.98 Å². The molecule has 0 fully saturated rings. The third kappa shape index (κ3) is 4.46. The summed E-state index contributed by atoms with van der Waals surface area (Å²) >= 11 is 1.37. The number of aromatic nitrogens is 1. The van der Waals surface area contributed by atoms with E-state index in [1.807, 2.05) is 55.6 Å². The Balaban J connectivity index is 1.74. The van der Waals surface area contributed by atoms with Crippen LogP contribution in [-0.2, 0) is 4.79 Å². The molecule has 0 saturated heterocycles. The maximum atomic E-state index is 12.4. The molecular formula is C24H22N2O4S. The lowest BCUT2D eigenvalue weighted by Gasteiger charge is -2.11. The van der Waals surface area contributed by atoms with Gasteiger partial charge in [0.1, 0.15) is 17.1 Å². The average Bonchev–Trinajstić information content (AvgIpc) is 3.43. The van der Waals surface area contributed by atoms with Crippen LogP contribution in [0.4, 0.5) is 5.13 Å². The minimum atomic E-state index is -0.238. The maximum Gasteiger partial charge on any atom is 0.250 e. The molecule has 0 bridgehead atoms. The number of thiazole rings is 1. The van der Waals surface area contributed by atoms with E-state index >= 15 is 0 Å². The smallest absolute Gasteiger partial charge is 0.250 e. The quantitative estimate of drug-likeness (QED) is 0.361. The van der Waals surface area contributed by atoms with Gasteiger partial charge in [0.25, 0.3) is 0 Å². The largest absolute Gasteiger partial charge is 0.497 e. The van der Waals surface area contributed by atoms with Gasteiger partial charge in [-0.1, -0.05) is 12.1 Å². The highest BCUT2D eigenvalue weighted by Crippen LogP contribution is 2.38. The maximum absolute atomic E-state index is 12.4. The fourth-order valence-electron chi connectivity index (χ4n) is 3.33. The molecule has 0 unspecified atom stereocenters. The SMILES string of the molecule is CCOc1cc2occ(-c3ccc(OC)cc3)c2cc1/C(C)=C/C(=O)Nc1nccs1. The second-order valence-electron chi connectivity index (χ2n) is 6.81. The fraction of sp³-hybridized carbons (Fsp3) is 0.167. The summed E-state index contributed by atoms with van der Waals surface area (Å²) in [4.78, 5) is 16.5. The van der Waals surface area contributed by atoms with E-state index in [9.17, 15) is 4.79 Å². The molecule has 2 aromatic heterocycles. The molecule has 2 heterocycles. The van der Waals surface area contributed by atoms with Crippen molar-refractivity contribution in [2.75, 3.05) is 19.0 Å². The Bertz CT molecular complexity index is 1220. The van der Waals surface area contributed by atoms with Crippen molar-refractivity contribution in [1.29, 1.82) is 0 Å². The number of fused-ring (bicyclic) bond motifs is 1. The van der Waals surface area contributed by atoms with Crippen molar-refractivity contribution >= 4 is 38.9 Å². The molecule has 1 amide bonds. The van der Waals surface area contributed by atoms with Crippen molar-refractivity contribution in [2.45, 2.75) is 13.8 Å². The number of methoxy groups -OCH3 is 1. The topological polar surface area (TPSA) is 73.6 Å². The number of carbonyl (C=O) groups is 1. The molecule has 0 aliphatic rings. The lowest BCUT2D eigenvalue weighted by molar-refractivity contribution is -0.111. The van der Waals surface area contributed by atoms with E-state index in [0.717, 1.165) is 39.0 Å². The number of hydrogen-bond acceptors (Lipinski definition) is 6. The van der Waals surface area contributed by atoms with Crippen molar-refractivity contribution in [2.24, 2.45) is 0 Å². The molecule has 0 radical (unpaired) electrons. The van der Waals surface area contributed by atoms with Crippen molar-refractivity contribution in [3.8, 4) is 22.6 Å². The minimum absolute atomic E-state index is 0.238. The van der Waals surface area contributed by atoms with Gasteiger partial charge in [0.05, 0.1) is 20.0 Å². The third-order valence-electron chi connectivity index (χ3n) is 4.81. The van der Waals surface area contributed by atoms with Crippen LogP contribution in [0, 0.1) is 0 Å². The molecule has 4 rings (SSSR count). The number of benzene rings is 2. The summed E-state index contributed by atoms with van der Waals surface area (Å²) in [5, 5.41) is 6.09. The molecule has 0 atom stereocenters. The highest BCUT2D eigenvalue weighted by atomic mass is 32.1. The first-order chi connectivity index (χ1) is 15.1. The Morgan fingerprint density at radius 3 is 2.74 bits per heavy atom. The van der Waals surface area contributed by atoms with Gasteiger partial charge in [-0.2, -0.15) is 0 Å². The Kier molecular flexibility index (Phi) is 6.04. The van der Waals surface area contributed by atoms with Gasteiger partial charge < -0.3 is 13.9 Å². The summed E-state index contributed by atoms with van der Waals surface area (Å²) in [6.45, 7) is 4.31. The second-order valence-corrected chi connectivity index (χ2v) is 7.70. The lowest BCUT2D eigenvalue weighted by Crippen LogP contribution is -2.08. The van der Waals surface area contributed by atoms with Gasteiger partial charge in [-0.05, 0) is 43.2 Å². The minimum Gasteiger partial charge on any atom is -0.497 e. The summed E-state index contributed by atoms with van der Waals surface area (Å²) in [7, 11) is 1.64. The molecule has 0 aliphatic carbocycles. The summed E-state index contributed by atoms with van der Waals surface area (Å²) < 4.78 is 16.9. The number of ether oxygens (including phenoxy) is 2. The van der Waals surface area contributed by atoms with Crippen LogP contribution in [0.1, 0.15) is 19.4 Å². The molecule has 4 aromatic rings. The van der Waals surface area contributed by atoms with Crippen LogP contribution < -0.4 is 14.8 Å². The molecule has 0 spiro atoms. The standard InChI is InChI=1S/C24H22N2O4S/c1-4-29-21-13-22-19(20(14-30-22)16-5-7-17(28-3)8-6-16)12-18(21)15(2)11-23(27)26-24-25-9-10-31-24/h5-14H,4H2,1-3H3,(H,25,26,27)/b15-11+. The normalized spacial score (nSPS) is 11.5. The van der Waals surface area contributed by atoms with Crippen LogP contribution in [-0.4, -0.2) is 24.6 Å². The van der Waals surface area contributed by atoms with Gasteiger partial charge in [0, 0.05) is 40.2 Å². The number of nitrogens with one attached hydrogen (secondary N) is 1. The molecule has 6 nitrogen and oxygen atoms in total. The zero-order valence-electron chi connectivity index (χ0n) is 17.5. The van der Waals surface area contributed by atoms with E-state index in [0.29, 0.717) is 17.5 Å². The van der Waals surface area contributed by atoms with Crippen molar-refractivity contribution in [3.63, 3.8) is 0 Å². The van der Waals surface area contributed by atoms with Gasteiger partial charge in [-0.15, -0.1) is 11.3 Å². The van der Waals surface area contributed by atoms with E-state index in [4.69, 9.17) is 13.9 Å². The monoisotopic (exact) mass is 434 g/mol. The molecule has 7 heteroatoms. The zero-order chi connectivity index (χ0) is 21.8. The Morgan fingerprint density at radius 2 is 2.06 bits per heavy atom. The molecule has 0 aliphatic heterocycles. The first-order valence-corrected chi connectivity index (χ1v) is 10.7. The molecular weight excluding hydrogens is 412 g/mol. The number of hydrogen-bond donors (Lipinski definition) is 1. The molecule has 31 heavy (non-hydrogen) atoms. The van der Waals surface area contributed by atoms with Gasteiger partial charge in [0.15, 0.2) is 5.13 Å². The fourth-order valence-corrected chi connectivity index (χ4v) is 3.87. The third-order valence-corrected chi connectivity index (χ3v) is 5.50. The predicted octanol–water partition coefficient (Wildman–Crippen LogP) is 6.01. The number of nitrogens with zero attached hydrogens (tertiary/aromatic N) is 1. The van der Waals surface area contributed by atoms with E-state index in [1.54, 1.807) is 25.6 Å². The Hall–Kier alpha value is -3.58. The van der Waals surface area contributed by atoms with E-state index in [2.05, 4.69) is 10.3 Å². The Morgan fingerprint density at radius 1 is 1.26 bits per heavy atom. The van der Waals surface area contributed by atoms with Crippen LogP contribution in [0.25, 0.3) is 27.7 Å². The van der Waals surface area contributed by atoms with Gasteiger partial charge in [-0.3, -0.25) is 10.1 Å². The van der Waals surface area contributed by atoms with Crippen molar-refractivity contribution in [3.05, 3.63) is 65.9 Å². The number of anilines is 1. The highest BCUT2D eigenvalue weighted by Gasteiger charge is 2.15. The van der Waals surface area contributed by atoms with Crippen LogP contribution in [0.2, 0.25) is 0 Å². The Labute approximate surface area is 184 Å². The lowest BCUT2D eigenvalue weighted by atomic mass is 9.99.